The molecule has 0 saturated heterocycles. The van der Waals surface area contributed by atoms with Crippen molar-refractivity contribution in [3.63, 3.8) is 0 Å². The number of amides is 1. The number of carbonyl (C=O) groups excluding carboxylic acids is 1. The van der Waals surface area contributed by atoms with Crippen LogP contribution in [0.2, 0.25) is 0 Å². The molecule has 6 nitrogen and oxygen atoms in total. The van der Waals surface area contributed by atoms with Gasteiger partial charge < -0.3 is 19.5 Å². The van der Waals surface area contributed by atoms with Crippen molar-refractivity contribution < 1.29 is 24.2 Å². The fraction of sp³-hybridized carbons (Fsp3) is 0.867. The number of ether oxygens (including phenoxy) is 2. The van der Waals surface area contributed by atoms with E-state index in [-0.39, 0.29) is 5.91 Å². The second-order valence-electron chi connectivity index (χ2n) is 5.83. The van der Waals surface area contributed by atoms with Crippen LogP contribution in [0.25, 0.3) is 0 Å². The number of carboxylic acids is 1. The lowest BCUT2D eigenvalue weighted by Crippen LogP contribution is -2.38. The van der Waals surface area contributed by atoms with E-state index < -0.39 is 23.2 Å². The molecule has 1 fully saturated rings. The predicted molar refractivity (Wildman–Crippen MR) is 78.0 cm³/mol. The molecule has 0 spiro atoms. The number of rotatable bonds is 10. The molecular weight excluding hydrogens is 274 g/mol. The average molecular weight is 301 g/mol. The van der Waals surface area contributed by atoms with Crippen LogP contribution in [0, 0.1) is 17.3 Å². The molecule has 1 amide bonds. The van der Waals surface area contributed by atoms with Gasteiger partial charge in [-0.15, -0.1) is 0 Å². The first-order valence-electron chi connectivity index (χ1n) is 7.54. The summed E-state index contributed by atoms with van der Waals surface area (Å²) in [7, 11) is 0. The van der Waals surface area contributed by atoms with Crippen LogP contribution in [0.15, 0.2) is 0 Å². The molecule has 0 radical (unpaired) electrons. The number of hydrogen-bond donors (Lipinski definition) is 1. The van der Waals surface area contributed by atoms with Gasteiger partial charge in [-0.2, -0.15) is 0 Å². The zero-order chi connectivity index (χ0) is 16.0. The number of carbonyl (C=O) groups is 2. The third kappa shape index (κ3) is 4.41. The van der Waals surface area contributed by atoms with Gasteiger partial charge in [0.2, 0.25) is 5.91 Å². The van der Waals surface area contributed by atoms with Gasteiger partial charge in [0.25, 0.3) is 0 Å². The first-order chi connectivity index (χ1) is 9.87. The Morgan fingerprint density at radius 2 is 1.52 bits per heavy atom. The van der Waals surface area contributed by atoms with Crippen LogP contribution in [-0.4, -0.2) is 61.4 Å². The summed E-state index contributed by atoms with van der Waals surface area (Å²) in [6, 6.07) is 0. The molecule has 1 N–H and O–H groups in total. The molecular formula is C15H27NO5. The van der Waals surface area contributed by atoms with Crippen molar-refractivity contribution in [2.45, 2.75) is 27.7 Å². The van der Waals surface area contributed by atoms with Gasteiger partial charge in [0, 0.05) is 26.3 Å². The van der Waals surface area contributed by atoms with Gasteiger partial charge in [0.1, 0.15) is 0 Å². The van der Waals surface area contributed by atoms with Crippen molar-refractivity contribution in [2.24, 2.45) is 17.3 Å². The minimum Gasteiger partial charge on any atom is -0.481 e. The average Bonchev–Trinajstić information content (AvgIpc) is 2.99. The van der Waals surface area contributed by atoms with Crippen molar-refractivity contribution in [3.05, 3.63) is 0 Å². The number of aliphatic carboxylic acids is 1. The topological polar surface area (TPSA) is 76.1 Å². The lowest BCUT2D eigenvalue weighted by Gasteiger charge is -2.23. The van der Waals surface area contributed by atoms with Gasteiger partial charge in [0.05, 0.1) is 25.0 Å². The van der Waals surface area contributed by atoms with E-state index >= 15 is 0 Å². The highest BCUT2D eigenvalue weighted by atomic mass is 16.5. The maximum absolute atomic E-state index is 12.6. The van der Waals surface area contributed by atoms with E-state index in [2.05, 4.69) is 0 Å². The van der Waals surface area contributed by atoms with Gasteiger partial charge in [-0.1, -0.05) is 13.8 Å². The zero-order valence-corrected chi connectivity index (χ0v) is 13.4. The molecule has 0 bridgehead atoms. The summed E-state index contributed by atoms with van der Waals surface area (Å²) in [5, 5.41) is 9.20. The summed E-state index contributed by atoms with van der Waals surface area (Å²) in [5.74, 6) is -2.04. The standard InChI is InChI=1S/C15H27NO5/c1-5-20-9-7-16(8-10-21-6-2)13(17)11-12(14(18)19)15(11,3)4/h11-12H,5-10H2,1-4H3,(H,18,19). The summed E-state index contributed by atoms with van der Waals surface area (Å²) in [6.45, 7) is 10.5. The third-order valence-corrected chi connectivity index (χ3v) is 4.09. The van der Waals surface area contributed by atoms with Gasteiger partial charge in [0.15, 0.2) is 0 Å². The Morgan fingerprint density at radius 3 is 1.86 bits per heavy atom. The number of carboxylic acid groups (broad SMARTS) is 1. The molecule has 6 heteroatoms. The highest BCUT2D eigenvalue weighted by molar-refractivity contribution is 5.91. The summed E-state index contributed by atoms with van der Waals surface area (Å²) in [5.41, 5.74) is -0.474. The molecule has 2 atom stereocenters. The van der Waals surface area contributed by atoms with Gasteiger partial charge >= 0.3 is 5.97 Å². The van der Waals surface area contributed by atoms with E-state index in [1.807, 2.05) is 27.7 Å². The molecule has 0 heterocycles. The van der Waals surface area contributed by atoms with Crippen LogP contribution in [0.4, 0.5) is 0 Å². The van der Waals surface area contributed by atoms with E-state index in [0.717, 1.165) is 0 Å². The maximum Gasteiger partial charge on any atom is 0.307 e. The Morgan fingerprint density at radius 1 is 1.05 bits per heavy atom. The Labute approximate surface area is 126 Å². The van der Waals surface area contributed by atoms with E-state index in [0.29, 0.717) is 39.5 Å². The molecule has 21 heavy (non-hydrogen) atoms. The largest absolute Gasteiger partial charge is 0.481 e. The lowest BCUT2D eigenvalue weighted by atomic mass is 10.1. The van der Waals surface area contributed by atoms with Crippen LogP contribution in [-0.2, 0) is 19.1 Å². The fourth-order valence-electron chi connectivity index (χ4n) is 2.73. The minimum absolute atomic E-state index is 0.105. The molecule has 0 aromatic carbocycles. The van der Waals surface area contributed by atoms with Crippen molar-refractivity contribution in [1.82, 2.24) is 4.90 Å². The second-order valence-corrected chi connectivity index (χ2v) is 5.83. The predicted octanol–water partition coefficient (Wildman–Crippen LogP) is 1.24. The molecule has 1 aliphatic carbocycles. The fourth-order valence-corrected chi connectivity index (χ4v) is 2.73. The van der Waals surface area contributed by atoms with Crippen molar-refractivity contribution in [2.75, 3.05) is 39.5 Å². The first kappa shape index (κ1) is 17.9. The van der Waals surface area contributed by atoms with Crippen LogP contribution in [0.3, 0.4) is 0 Å². The second kappa shape index (κ2) is 7.75. The van der Waals surface area contributed by atoms with Crippen LogP contribution in [0.1, 0.15) is 27.7 Å². The quantitative estimate of drug-likeness (QED) is 0.614. The van der Waals surface area contributed by atoms with E-state index in [1.165, 1.54) is 0 Å². The van der Waals surface area contributed by atoms with Crippen molar-refractivity contribution >= 4 is 11.9 Å². The Kier molecular flexibility index (Phi) is 6.61. The number of nitrogens with zero attached hydrogens (tertiary/aromatic N) is 1. The maximum atomic E-state index is 12.6. The monoisotopic (exact) mass is 301 g/mol. The smallest absolute Gasteiger partial charge is 0.307 e. The summed E-state index contributed by atoms with van der Waals surface area (Å²) in [6.07, 6.45) is 0. The van der Waals surface area contributed by atoms with Gasteiger partial charge in [-0.3, -0.25) is 9.59 Å². The van der Waals surface area contributed by atoms with E-state index in [4.69, 9.17) is 9.47 Å². The minimum atomic E-state index is -0.895. The van der Waals surface area contributed by atoms with Crippen molar-refractivity contribution in [3.8, 4) is 0 Å². The Hall–Kier alpha value is -1.14. The van der Waals surface area contributed by atoms with Crippen molar-refractivity contribution in [1.29, 1.82) is 0 Å². The molecule has 0 aliphatic heterocycles. The summed E-state index contributed by atoms with van der Waals surface area (Å²) in [4.78, 5) is 25.5. The Balaban J connectivity index is 2.64. The zero-order valence-electron chi connectivity index (χ0n) is 13.4. The van der Waals surface area contributed by atoms with Crippen LogP contribution >= 0.6 is 0 Å². The molecule has 122 valence electrons. The Bertz CT molecular complexity index is 359. The number of hydrogen-bond acceptors (Lipinski definition) is 4. The van der Waals surface area contributed by atoms with Gasteiger partial charge in [-0.05, 0) is 19.3 Å². The highest BCUT2D eigenvalue weighted by Gasteiger charge is 2.66. The van der Waals surface area contributed by atoms with Gasteiger partial charge in [-0.25, -0.2) is 0 Å². The van der Waals surface area contributed by atoms with Crippen LogP contribution < -0.4 is 0 Å². The summed E-state index contributed by atoms with van der Waals surface area (Å²) < 4.78 is 10.6. The SMILES string of the molecule is CCOCCN(CCOCC)C(=O)C1C(C(=O)O)C1(C)C. The first-order valence-corrected chi connectivity index (χ1v) is 7.54. The van der Waals surface area contributed by atoms with E-state index in [9.17, 15) is 14.7 Å². The highest BCUT2D eigenvalue weighted by Crippen LogP contribution is 2.58. The third-order valence-electron chi connectivity index (χ3n) is 4.09. The molecule has 1 saturated carbocycles. The lowest BCUT2D eigenvalue weighted by molar-refractivity contribution is -0.142. The molecule has 2 unspecified atom stereocenters. The molecule has 1 rings (SSSR count). The normalized spacial score (nSPS) is 22.9. The molecule has 1 aliphatic rings. The van der Waals surface area contributed by atoms with E-state index in [1.54, 1.807) is 4.90 Å². The van der Waals surface area contributed by atoms with Crippen LogP contribution in [0.5, 0.6) is 0 Å². The molecule has 0 aromatic rings. The molecule has 0 aromatic heterocycles. The summed E-state index contributed by atoms with van der Waals surface area (Å²) >= 11 is 0.